The van der Waals surface area contributed by atoms with Crippen molar-refractivity contribution in [1.29, 1.82) is 0 Å². The van der Waals surface area contributed by atoms with Crippen LogP contribution in [0.2, 0.25) is 10.0 Å². The Bertz CT molecular complexity index is 541. The van der Waals surface area contributed by atoms with Crippen LogP contribution in [-0.2, 0) is 0 Å². The van der Waals surface area contributed by atoms with Gasteiger partial charge in [0.25, 0.3) is 0 Å². The molecule has 4 heteroatoms. The van der Waals surface area contributed by atoms with E-state index in [2.05, 4.69) is 0 Å². The maximum absolute atomic E-state index is 13.2. The van der Waals surface area contributed by atoms with Gasteiger partial charge in [0.2, 0.25) is 0 Å². The van der Waals surface area contributed by atoms with E-state index in [0.717, 1.165) is 0 Å². The van der Waals surface area contributed by atoms with Crippen molar-refractivity contribution in [2.45, 2.75) is 0 Å². The standard InChI is InChI=1S/C12H7Cl2FO/c13-7-4-5-8(10(14)6-7)9-2-1-3-11(15)12(9)16/h1-6,16H. The molecular formula is C12H7Cl2FO. The lowest BCUT2D eigenvalue weighted by Gasteiger charge is -2.07. The second-order valence-corrected chi connectivity index (χ2v) is 4.10. The van der Waals surface area contributed by atoms with Gasteiger partial charge in [0, 0.05) is 16.1 Å². The third-order valence-electron chi connectivity index (χ3n) is 2.21. The summed E-state index contributed by atoms with van der Waals surface area (Å²) in [4.78, 5) is 0. The summed E-state index contributed by atoms with van der Waals surface area (Å²) in [5.74, 6) is -1.09. The summed E-state index contributed by atoms with van der Waals surface area (Å²) in [5.41, 5.74) is 0.893. The third-order valence-corrected chi connectivity index (χ3v) is 2.76. The Kier molecular flexibility index (Phi) is 3.03. The molecule has 0 amide bonds. The molecule has 82 valence electrons. The molecular weight excluding hydrogens is 250 g/mol. The van der Waals surface area contributed by atoms with Gasteiger partial charge in [-0.2, -0.15) is 0 Å². The minimum atomic E-state index is -0.677. The second kappa shape index (κ2) is 4.32. The van der Waals surface area contributed by atoms with E-state index in [-0.39, 0.29) is 0 Å². The zero-order valence-electron chi connectivity index (χ0n) is 8.05. The molecule has 1 N–H and O–H groups in total. The number of rotatable bonds is 1. The summed E-state index contributed by atoms with van der Waals surface area (Å²) >= 11 is 11.7. The van der Waals surface area contributed by atoms with Gasteiger partial charge in [-0.15, -0.1) is 0 Å². The van der Waals surface area contributed by atoms with Crippen LogP contribution in [0.3, 0.4) is 0 Å². The first-order valence-corrected chi connectivity index (χ1v) is 5.28. The highest BCUT2D eigenvalue weighted by Gasteiger charge is 2.11. The van der Waals surface area contributed by atoms with Gasteiger partial charge < -0.3 is 5.11 Å². The summed E-state index contributed by atoms with van der Waals surface area (Å²) < 4.78 is 13.2. The summed E-state index contributed by atoms with van der Waals surface area (Å²) in [5, 5.41) is 10.4. The third kappa shape index (κ3) is 1.99. The number of benzene rings is 2. The van der Waals surface area contributed by atoms with E-state index in [1.54, 1.807) is 24.3 Å². The normalized spacial score (nSPS) is 10.4. The van der Waals surface area contributed by atoms with Crippen LogP contribution in [-0.4, -0.2) is 5.11 Å². The van der Waals surface area contributed by atoms with Crippen LogP contribution < -0.4 is 0 Å². The van der Waals surface area contributed by atoms with Crippen molar-refractivity contribution in [2.75, 3.05) is 0 Å². The first-order chi connectivity index (χ1) is 7.59. The van der Waals surface area contributed by atoms with Gasteiger partial charge in [-0.1, -0.05) is 41.4 Å². The zero-order valence-corrected chi connectivity index (χ0v) is 9.56. The van der Waals surface area contributed by atoms with Crippen LogP contribution in [0.5, 0.6) is 5.75 Å². The molecule has 0 saturated carbocycles. The van der Waals surface area contributed by atoms with E-state index in [4.69, 9.17) is 23.2 Å². The molecule has 0 aliphatic carbocycles. The fraction of sp³-hybridized carbons (Fsp3) is 0. The summed E-state index contributed by atoms with van der Waals surface area (Å²) in [6.07, 6.45) is 0. The van der Waals surface area contributed by atoms with E-state index in [9.17, 15) is 9.50 Å². The fourth-order valence-electron chi connectivity index (χ4n) is 1.44. The predicted octanol–water partition coefficient (Wildman–Crippen LogP) is 4.51. The van der Waals surface area contributed by atoms with Crippen molar-refractivity contribution in [3.8, 4) is 16.9 Å². The van der Waals surface area contributed by atoms with Gasteiger partial charge in [0.1, 0.15) is 0 Å². The molecule has 0 radical (unpaired) electrons. The Morgan fingerprint density at radius 2 is 1.75 bits per heavy atom. The van der Waals surface area contributed by atoms with E-state index in [1.807, 2.05) is 0 Å². The predicted molar refractivity (Wildman–Crippen MR) is 63.5 cm³/mol. The molecule has 0 aliphatic heterocycles. The van der Waals surface area contributed by atoms with Crippen LogP contribution >= 0.6 is 23.2 Å². The highest BCUT2D eigenvalue weighted by molar-refractivity contribution is 6.36. The second-order valence-electron chi connectivity index (χ2n) is 3.26. The Labute approximate surface area is 102 Å². The fourth-order valence-corrected chi connectivity index (χ4v) is 1.95. The molecule has 0 atom stereocenters. The van der Waals surface area contributed by atoms with Crippen molar-refractivity contribution in [3.05, 3.63) is 52.3 Å². The van der Waals surface area contributed by atoms with E-state index in [1.165, 1.54) is 12.1 Å². The lowest BCUT2D eigenvalue weighted by Crippen LogP contribution is -1.84. The molecule has 2 rings (SSSR count). The quantitative estimate of drug-likeness (QED) is 0.797. The van der Waals surface area contributed by atoms with Gasteiger partial charge >= 0.3 is 0 Å². The number of halogens is 3. The van der Waals surface area contributed by atoms with Gasteiger partial charge in [-0.25, -0.2) is 4.39 Å². The Morgan fingerprint density at radius 3 is 2.44 bits per heavy atom. The number of hydrogen-bond acceptors (Lipinski definition) is 1. The summed E-state index contributed by atoms with van der Waals surface area (Å²) in [7, 11) is 0. The van der Waals surface area contributed by atoms with Crippen LogP contribution in [0.15, 0.2) is 36.4 Å². The molecule has 0 aliphatic rings. The van der Waals surface area contributed by atoms with E-state index < -0.39 is 11.6 Å². The largest absolute Gasteiger partial charge is 0.504 e. The zero-order chi connectivity index (χ0) is 11.7. The van der Waals surface area contributed by atoms with Crippen LogP contribution in [0.25, 0.3) is 11.1 Å². The number of phenols is 1. The number of hydrogen-bond donors (Lipinski definition) is 1. The van der Waals surface area contributed by atoms with Crippen molar-refractivity contribution in [2.24, 2.45) is 0 Å². The van der Waals surface area contributed by atoms with Crippen molar-refractivity contribution < 1.29 is 9.50 Å². The highest BCUT2D eigenvalue weighted by Crippen LogP contribution is 2.36. The molecule has 0 saturated heterocycles. The highest BCUT2D eigenvalue weighted by atomic mass is 35.5. The molecule has 2 aromatic carbocycles. The molecule has 1 nitrogen and oxygen atoms in total. The van der Waals surface area contributed by atoms with Crippen LogP contribution in [0, 0.1) is 5.82 Å². The van der Waals surface area contributed by atoms with Gasteiger partial charge in [0.15, 0.2) is 11.6 Å². The van der Waals surface area contributed by atoms with E-state index >= 15 is 0 Å². The SMILES string of the molecule is Oc1c(F)cccc1-c1ccc(Cl)cc1Cl. The lowest BCUT2D eigenvalue weighted by atomic mass is 10.0. The smallest absolute Gasteiger partial charge is 0.165 e. The van der Waals surface area contributed by atoms with Crippen LogP contribution in [0.1, 0.15) is 0 Å². The molecule has 0 heterocycles. The summed E-state index contributed by atoms with van der Waals surface area (Å²) in [6, 6.07) is 9.10. The van der Waals surface area contributed by atoms with Crippen LogP contribution in [0.4, 0.5) is 4.39 Å². The average Bonchev–Trinajstić information content (AvgIpc) is 2.23. The Hall–Kier alpha value is -1.25. The van der Waals surface area contributed by atoms with E-state index in [0.29, 0.717) is 21.2 Å². The van der Waals surface area contributed by atoms with Gasteiger partial charge in [-0.3, -0.25) is 0 Å². The lowest BCUT2D eigenvalue weighted by molar-refractivity contribution is 0.434. The molecule has 0 bridgehead atoms. The number of para-hydroxylation sites is 1. The van der Waals surface area contributed by atoms with Gasteiger partial charge in [-0.05, 0) is 18.2 Å². The molecule has 2 aromatic rings. The van der Waals surface area contributed by atoms with Crippen molar-refractivity contribution >= 4 is 23.2 Å². The maximum Gasteiger partial charge on any atom is 0.165 e. The number of phenolic OH excluding ortho intramolecular Hbond substituents is 1. The molecule has 0 spiro atoms. The first kappa shape index (κ1) is 11.2. The summed E-state index contributed by atoms with van der Waals surface area (Å²) in [6.45, 7) is 0. The van der Waals surface area contributed by atoms with Crippen molar-refractivity contribution in [3.63, 3.8) is 0 Å². The molecule has 0 unspecified atom stereocenters. The maximum atomic E-state index is 13.2. The average molecular weight is 257 g/mol. The van der Waals surface area contributed by atoms with Gasteiger partial charge in [0.05, 0.1) is 5.02 Å². The molecule has 0 fully saturated rings. The monoisotopic (exact) mass is 256 g/mol. The minimum Gasteiger partial charge on any atom is -0.504 e. The van der Waals surface area contributed by atoms with Crippen molar-refractivity contribution in [1.82, 2.24) is 0 Å². The Morgan fingerprint density at radius 1 is 1.00 bits per heavy atom. The minimum absolute atomic E-state index is 0.349. The molecule has 0 aromatic heterocycles. The Balaban J connectivity index is 2.63. The first-order valence-electron chi connectivity index (χ1n) is 4.52. The number of aromatic hydroxyl groups is 1. The molecule has 16 heavy (non-hydrogen) atoms. The topological polar surface area (TPSA) is 20.2 Å².